The summed E-state index contributed by atoms with van der Waals surface area (Å²) in [6.07, 6.45) is 4.71. The second-order valence-corrected chi connectivity index (χ2v) is 6.83. The Labute approximate surface area is 164 Å². The van der Waals surface area contributed by atoms with E-state index in [9.17, 15) is 4.79 Å². The van der Waals surface area contributed by atoms with Crippen LogP contribution in [-0.2, 0) is 11.3 Å². The van der Waals surface area contributed by atoms with Gasteiger partial charge in [-0.25, -0.2) is 4.98 Å². The summed E-state index contributed by atoms with van der Waals surface area (Å²) in [6, 6.07) is 11.6. The third-order valence-electron chi connectivity index (χ3n) is 4.32. The van der Waals surface area contributed by atoms with Gasteiger partial charge in [-0.15, -0.1) is 0 Å². The summed E-state index contributed by atoms with van der Waals surface area (Å²) < 4.78 is 7.72. The van der Waals surface area contributed by atoms with Crippen LogP contribution in [0.25, 0.3) is 5.69 Å². The number of imidazole rings is 1. The minimum absolute atomic E-state index is 0.180. The van der Waals surface area contributed by atoms with Gasteiger partial charge in [-0.05, 0) is 55.7 Å². The zero-order chi connectivity index (χ0) is 19.4. The van der Waals surface area contributed by atoms with Crippen molar-refractivity contribution in [2.75, 3.05) is 0 Å². The number of nitrogens with zero attached hydrogens (tertiary/aromatic N) is 2. The van der Waals surface area contributed by atoms with Crippen molar-refractivity contribution < 1.29 is 9.53 Å². The van der Waals surface area contributed by atoms with Gasteiger partial charge < -0.3 is 14.6 Å². The average molecular weight is 384 g/mol. The number of hydrogen-bond donors (Lipinski definition) is 1. The fourth-order valence-electron chi connectivity index (χ4n) is 2.87. The van der Waals surface area contributed by atoms with E-state index in [-0.39, 0.29) is 5.91 Å². The molecule has 27 heavy (non-hydrogen) atoms. The molecule has 1 aromatic heterocycles. The molecule has 0 aliphatic rings. The van der Waals surface area contributed by atoms with E-state index in [1.807, 2.05) is 61.0 Å². The summed E-state index contributed by atoms with van der Waals surface area (Å²) in [5.41, 5.74) is 3.82. The summed E-state index contributed by atoms with van der Waals surface area (Å²) >= 11 is 6.18. The highest BCUT2D eigenvalue weighted by Crippen LogP contribution is 2.26. The van der Waals surface area contributed by atoms with Crippen LogP contribution in [0.3, 0.4) is 0 Å². The van der Waals surface area contributed by atoms with Crippen molar-refractivity contribution >= 4 is 17.5 Å². The zero-order valence-electron chi connectivity index (χ0n) is 15.6. The molecule has 2 aromatic carbocycles. The van der Waals surface area contributed by atoms with E-state index in [2.05, 4.69) is 10.3 Å². The maximum absolute atomic E-state index is 12.5. The van der Waals surface area contributed by atoms with Gasteiger partial charge in [-0.3, -0.25) is 4.79 Å². The van der Waals surface area contributed by atoms with E-state index in [1.165, 1.54) is 0 Å². The largest absolute Gasteiger partial charge is 0.481 e. The lowest BCUT2D eigenvalue weighted by molar-refractivity contribution is -0.127. The van der Waals surface area contributed by atoms with Gasteiger partial charge in [0.1, 0.15) is 5.75 Å². The monoisotopic (exact) mass is 383 g/mol. The Morgan fingerprint density at radius 3 is 2.63 bits per heavy atom. The predicted octanol–water partition coefficient (Wildman–Crippen LogP) is 4.23. The summed E-state index contributed by atoms with van der Waals surface area (Å²) in [6.45, 7) is 5.97. The van der Waals surface area contributed by atoms with Crippen LogP contribution in [0.5, 0.6) is 5.75 Å². The number of para-hydroxylation sites is 1. The number of hydrogen-bond acceptors (Lipinski definition) is 3. The molecule has 0 saturated heterocycles. The van der Waals surface area contributed by atoms with Crippen LogP contribution in [0.15, 0.2) is 55.1 Å². The van der Waals surface area contributed by atoms with Gasteiger partial charge in [-0.2, -0.15) is 0 Å². The van der Waals surface area contributed by atoms with E-state index in [4.69, 9.17) is 16.3 Å². The SMILES string of the molecule is Cc1cc(O[C@H](C)C(=O)NCc2ccccc2-n2ccnc2)cc(C)c1Cl. The second-order valence-electron chi connectivity index (χ2n) is 6.45. The Morgan fingerprint density at radius 2 is 1.96 bits per heavy atom. The Morgan fingerprint density at radius 1 is 1.26 bits per heavy atom. The van der Waals surface area contributed by atoms with E-state index in [1.54, 1.807) is 19.4 Å². The van der Waals surface area contributed by atoms with E-state index in [0.717, 1.165) is 27.4 Å². The molecule has 0 saturated carbocycles. The normalized spacial score (nSPS) is 11.9. The molecule has 0 bridgehead atoms. The Balaban J connectivity index is 1.65. The fraction of sp³-hybridized carbons (Fsp3) is 0.238. The van der Waals surface area contributed by atoms with Crippen LogP contribution in [0.2, 0.25) is 5.02 Å². The topological polar surface area (TPSA) is 56.1 Å². The van der Waals surface area contributed by atoms with Crippen LogP contribution in [0, 0.1) is 13.8 Å². The molecule has 0 fully saturated rings. The number of aromatic nitrogens is 2. The number of amides is 1. The Kier molecular flexibility index (Phi) is 5.81. The Bertz CT molecular complexity index is 915. The molecule has 0 aliphatic carbocycles. The van der Waals surface area contributed by atoms with Gasteiger partial charge in [0, 0.05) is 24.0 Å². The van der Waals surface area contributed by atoms with E-state index < -0.39 is 6.10 Å². The first-order valence-corrected chi connectivity index (χ1v) is 9.11. The van der Waals surface area contributed by atoms with Crippen molar-refractivity contribution in [1.29, 1.82) is 0 Å². The van der Waals surface area contributed by atoms with Crippen LogP contribution < -0.4 is 10.1 Å². The van der Waals surface area contributed by atoms with Crippen LogP contribution in [0.1, 0.15) is 23.6 Å². The number of halogens is 1. The molecule has 6 heteroatoms. The lowest BCUT2D eigenvalue weighted by atomic mass is 10.1. The number of carbonyl (C=O) groups is 1. The molecule has 5 nitrogen and oxygen atoms in total. The number of carbonyl (C=O) groups excluding carboxylic acids is 1. The molecule has 140 valence electrons. The molecular formula is C21H22ClN3O2. The van der Waals surface area contributed by atoms with Crippen molar-refractivity contribution in [3.8, 4) is 11.4 Å². The summed E-state index contributed by atoms with van der Waals surface area (Å²) in [4.78, 5) is 16.6. The number of aryl methyl sites for hydroxylation is 2. The molecule has 1 N–H and O–H groups in total. The molecule has 1 amide bonds. The van der Waals surface area contributed by atoms with Crippen LogP contribution in [0.4, 0.5) is 0 Å². The van der Waals surface area contributed by atoms with Gasteiger partial charge >= 0.3 is 0 Å². The molecule has 3 aromatic rings. The number of ether oxygens (including phenoxy) is 1. The summed E-state index contributed by atoms with van der Waals surface area (Å²) in [7, 11) is 0. The summed E-state index contributed by atoms with van der Waals surface area (Å²) in [5, 5.41) is 3.66. The molecule has 1 atom stereocenters. The molecular weight excluding hydrogens is 362 g/mol. The van der Waals surface area contributed by atoms with Crippen molar-refractivity contribution in [1.82, 2.24) is 14.9 Å². The molecule has 0 unspecified atom stereocenters. The predicted molar refractivity (Wildman–Crippen MR) is 106 cm³/mol. The standard InChI is InChI=1S/C21H22ClN3O2/c1-14-10-18(11-15(2)20(14)22)27-16(3)21(26)24-12-17-6-4-5-7-19(17)25-9-8-23-13-25/h4-11,13,16H,12H2,1-3H3,(H,24,26)/t16-/m1/s1. The minimum atomic E-state index is -0.620. The number of rotatable bonds is 6. The molecule has 3 rings (SSSR count). The maximum Gasteiger partial charge on any atom is 0.261 e. The smallest absolute Gasteiger partial charge is 0.261 e. The number of nitrogens with one attached hydrogen (secondary N) is 1. The Hall–Kier alpha value is -2.79. The van der Waals surface area contributed by atoms with Gasteiger partial charge in [-0.1, -0.05) is 29.8 Å². The molecule has 0 radical (unpaired) electrons. The van der Waals surface area contributed by atoms with Gasteiger partial charge in [0.25, 0.3) is 5.91 Å². The zero-order valence-corrected chi connectivity index (χ0v) is 16.3. The first kappa shape index (κ1) is 19.0. The van der Waals surface area contributed by atoms with Crippen molar-refractivity contribution in [2.45, 2.75) is 33.4 Å². The van der Waals surface area contributed by atoms with E-state index >= 15 is 0 Å². The van der Waals surface area contributed by atoms with Gasteiger partial charge in [0.05, 0.1) is 12.0 Å². The number of benzene rings is 2. The second kappa shape index (κ2) is 8.27. The lowest BCUT2D eigenvalue weighted by Crippen LogP contribution is -2.36. The quantitative estimate of drug-likeness (QED) is 0.693. The summed E-state index contributed by atoms with van der Waals surface area (Å²) in [5.74, 6) is 0.455. The lowest BCUT2D eigenvalue weighted by Gasteiger charge is -2.17. The van der Waals surface area contributed by atoms with Crippen LogP contribution >= 0.6 is 11.6 Å². The van der Waals surface area contributed by atoms with Crippen molar-refractivity contribution in [3.63, 3.8) is 0 Å². The highest BCUT2D eigenvalue weighted by Gasteiger charge is 2.16. The third kappa shape index (κ3) is 4.49. The molecule has 0 spiro atoms. The fourth-order valence-corrected chi connectivity index (χ4v) is 2.98. The molecule has 1 heterocycles. The molecule has 0 aliphatic heterocycles. The first-order valence-electron chi connectivity index (χ1n) is 8.73. The van der Waals surface area contributed by atoms with Gasteiger partial charge in [0.15, 0.2) is 6.10 Å². The van der Waals surface area contributed by atoms with E-state index in [0.29, 0.717) is 12.3 Å². The van der Waals surface area contributed by atoms with Crippen LogP contribution in [-0.4, -0.2) is 21.6 Å². The average Bonchev–Trinajstić information content (AvgIpc) is 3.18. The maximum atomic E-state index is 12.5. The minimum Gasteiger partial charge on any atom is -0.481 e. The first-order chi connectivity index (χ1) is 13.0. The van der Waals surface area contributed by atoms with Gasteiger partial charge in [0.2, 0.25) is 0 Å². The van der Waals surface area contributed by atoms with Crippen molar-refractivity contribution in [3.05, 3.63) is 76.8 Å². The van der Waals surface area contributed by atoms with Crippen molar-refractivity contribution in [2.24, 2.45) is 0 Å². The highest BCUT2D eigenvalue weighted by molar-refractivity contribution is 6.32. The highest BCUT2D eigenvalue weighted by atomic mass is 35.5. The third-order valence-corrected chi connectivity index (χ3v) is 4.92.